The maximum atomic E-state index is 13.1. The minimum Gasteiger partial charge on any atom is -0.361 e. The standard InChI is InChI=1S/C14H9ClFN3O/c15-13-11(6-9(16)7-18-13)14(20)19-10-1-2-12-8(5-10)3-4-17-12/h1-7,17H,(H,19,20). The lowest BCUT2D eigenvalue weighted by atomic mass is 10.2. The number of rotatable bonds is 2. The normalized spacial score (nSPS) is 10.7. The van der Waals surface area contributed by atoms with Gasteiger partial charge in [-0.25, -0.2) is 9.37 Å². The highest BCUT2D eigenvalue weighted by Gasteiger charge is 2.13. The number of carbonyl (C=O) groups is 1. The van der Waals surface area contributed by atoms with E-state index in [0.29, 0.717) is 5.69 Å². The van der Waals surface area contributed by atoms with Crippen LogP contribution in [0.5, 0.6) is 0 Å². The highest BCUT2D eigenvalue weighted by Crippen LogP contribution is 2.20. The summed E-state index contributed by atoms with van der Waals surface area (Å²) in [4.78, 5) is 18.7. The molecule has 0 unspecified atom stereocenters. The summed E-state index contributed by atoms with van der Waals surface area (Å²) in [5.41, 5.74) is 1.57. The number of amides is 1. The third kappa shape index (κ3) is 2.35. The van der Waals surface area contributed by atoms with E-state index in [4.69, 9.17) is 11.6 Å². The molecule has 0 spiro atoms. The summed E-state index contributed by atoms with van der Waals surface area (Å²) in [6.45, 7) is 0. The molecule has 4 nitrogen and oxygen atoms in total. The van der Waals surface area contributed by atoms with Gasteiger partial charge in [0.05, 0.1) is 11.8 Å². The summed E-state index contributed by atoms with van der Waals surface area (Å²) in [6.07, 6.45) is 2.77. The minimum absolute atomic E-state index is 0.000771. The maximum absolute atomic E-state index is 13.1. The molecule has 0 atom stereocenters. The molecule has 0 bridgehead atoms. The minimum atomic E-state index is -0.611. The summed E-state index contributed by atoms with van der Waals surface area (Å²) in [5.74, 6) is -1.11. The first-order valence-corrected chi connectivity index (χ1v) is 6.21. The van der Waals surface area contributed by atoms with Gasteiger partial charge >= 0.3 is 0 Å². The molecule has 0 saturated carbocycles. The van der Waals surface area contributed by atoms with Gasteiger partial charge in [-0.2, -0.15) is 0 Å². The second kappa shape index (κ2) is 4.94. The van der Waals surface area contributed by atoms with E-state index in [1.165, 1.54) is 0 Å². The maximum Gasteiger partial charge on any atom is 0.258 e. The number of H-pyrrole nitrogens is 1. The Morgan fingerprint density at radius 2 is 2.15 bits per heavy atom. The molecule has 0 saturated heterocycles. The van der Waals surface area contributed by atoms with Gasteiger partial charge in [-0.1, -0.05) is 11.6 Å². The smallest absolute Gasteiger partial charge is 0.258 e. The van der Waals surface area contributed by atoms with Gasteiger partial charge in [0, 0.05) is 22.8 Å². The predicted molar refractivity (Wildman–Crippen MR) is 75.5 cm³/mol. The number of nitrogens with one attached hydrogen (secondary N) is 2. The van der Waals surface area contributed by atoms with Crippen molar-refractivity contribution in [1.29, 1.82) is 0 Å². The molecule has 0 aliphatic rings. The van der Waals surface area contributed by atoms with Crippen LogP contribution in [0.1, 0.15) is 10.4 Å². The highest BCUT2D eigenvalue weighted by atomic mass is 35.5. The van der Waals surface area contributed by atoms with Gasteiger partial charge in [0.1, 0.15) is 11.0 Å². The van der Waals surface area contributed by atoms with E-state index in [-0.39, 0.29) is 10.7 Å². The third-order valence-electron chi connectivity index (χ3n) is 2.86. The van der Waals surface area contributed by atoms with E-state index < -0.39 is 11.7 Å². The quantitative estimate of drug-likeness (QED) is 0.708. The number of hydrogen-bond acceptors (Lipinski definition) is 2. The topological polar surface area (TPSA) is 57.8 Å². The van der Waals surface area contributed by atoms with Crippen molar-refractivity contribution in [1.82, 2.24) is 9.97 Å². The zero-order valence-corrected chi connectivity index (χ0v) is 10.9. The van der Waals surface area contributed by atoms with Crippen molar-refractivity contribution in [2.75, 3.05) is 5.32 Å². The second-order valence-corrected chi connectivity index (χ2v) is 4.58. The number of pyridine rings is 1. The number of aromatic amines is 1. The number of carbonyl (C=O) groups excluding carboxylic acids is 1. The largest absolute Gasteiger partial charge is 0.361 e. The Labute approximate surface area is 118 Å². The molecular weight excluding hydrogens is 281 g/mol. The first-order valence-electron chi connectivity index (χ1n) is 5.83. The van der Waals surface area contributed by atoms with Crippen LogP contribution in [0.4, 0.5) is 10.1 Å². The van der Waals surface area contributed by atoms with Crippen molar-refractivity contribution in [2.24, 2.45) is 0 Å². The molecule has 3 rings (SSSR count). The first kappa shape index (κ1) is 12.6. The number of aromatic nitrogens is 2. The van der Waals surface area contributed by atoms with Crippen LogP contribution in [0.15, 0.2) is 42.7 Å². The molecule has 2 N–H and O–H groups in total. The van der Waals surface area contributed by atoms with Crippen LogP contribution < -0.4 is 5.32 Å². The van der Waals surface area contributed by atoms with Crippen LogP contribution in [0.25, 0.3) is 10.9 Å². The monoisotopic (exact) mass is 289 g/mol. The van der Waals surface area contributed by atoms with Crippen molar-refractivity contribution < 1.29 is 9.18 Å². The average molecular weight is 290 g/mol. The van der Waals surface area contributed by atoms with Crippen LogP contribution in [0.3, 0.4) is 0 Å². The molecule has 100 valence electrons. The van der Waals surface area contributed by atoms with E-state index in [1.54, 1.807) is 6.07 Å². The lowest BCUT2D eigenvalue weighted by Crippen LogP contribution is -2.13. The van der Waals surface area contributed by atoms with Crippen molar-refractivity contribution in [2.45, 2.75) is 0 Å². The highest BCUT2D eigenvalue weighted by molar-refractivity contribution is 6.33. The summed E-state index contributed by atoms with van der Waals surface area (Å²) in [7, 11) is 0. The Balaban J connectivity index is 1.89. The van der Waals surface area contributed by atoms with Gasteiger partial charge in [0.2, 0.25) is 0 Å². The molecule has 6 heteroatoms. The van der Waals surface area contributed by atoms with E-state index in [2.05, 4.69) is 15.3 Å². The lowest BCUT2D eigenvalue weighted by Gasteiger charge is -2.06. The Morgan fingerprint density at radius 3 is 3.00 bits per heavy atom. The molecule has 0 radical (unpaired) electrons. The molecule has 0 fully saturated rings. The van der Waals surface area contributed by atoms with Crippen LogP contribution in [0, 0.1) is 5.82 Å². The van der Waals surface area contributed by atoms with Crippen LogP contribution in [-0.2, 0) is 0 Å². The van der Waals surface area contributed by atoms with Crippen molar-refractivity contribution in [3.05, 3.63) is 59.3 Å². The van der Waals surface area contributed by atoms with Gasteiger partial charge in [0.25, 0.3) is 5.91 Å². The van der Waals surface area contributed by atoms with Crippen LogP contribution in [0.2, 0.25) is 5.15 Å². The molecule has 3 aromatic rings. The number of fused-ring (bicyclic) bond motifs is 1. The summed E-state index contributed by atoms with van der Waals surface area (Å²) in [5, 5.41) is 3.59. The Morgan fingerprint density at radius 1 is 1.30 bits per heavy atom. The van der Waals surface area contributed by atoms with E-state index >= 15 is 0 Å². The van der Waals surface area contributed by atoms with Crippen LogP contribution in [-0.4, -0.2) is 15.9 Å². The van der Waals surface area contributed by atoms with Crippen LogP contribution >= 0.6 is 11.6 Å². The zero-order valence-electron chi connectivity index (χ0n) is 10.2. The zero-order chi connectivity index (χ0) is 14.1. The van der Waals surface area contributed by atoms with Gasteiger partial charge < -0.3 is 10.3 Å². The lowest BCUT2D eigenvalue weighted by molar-refractivity contribution is 0.102. The number of nitrogens with zero attached hydrogens (tertiary/aromatic N) is 1. The number of halogens is 2. The number of benzene rings is 1. The molecule has 1 amide bonds. The predicted octanol–water partition coefficient (Wildman–Crippen LogP) is 3.61. The van der Waals surface area contributed by atoms with Gasteiger partial charge in [-0.15, -0.1) is 0 Å². The first-order chi connectivity index (χ1) is 9.63. The van der Waals surface area contributed by atoms with Crippen molar-refractivity contribution >= 4 is 34.1 Å². The second-order valence-electron chi connectivity index (χ2n) is 4.23. The molecular formula is C14H9ClFN3O. The van der Waals surface area contributed by atoms with Gasteiger partial charge in [0.15, 0.2) is 0 Å². The number of hydrogen-bond donors (Lipinski definition) is 2. The van der Waals surface area contributed by atoms with E-state index in [1.807, 2.05) is 24.4 Å². The summed E-state index contributed by atoms with van der Waals surface area (Å²) >= 11 is 5.79. The Kier molecular flexibility index (Phi) is 3.12. The fraction of sp³-hybridized carbons (Fsp3) is 0. The molecule has 0 aliphatic heterocycles. The average Bonchev–Trinajstić information content (AvgIpc) is 2.89. The van der Waals surface area contributed by atoms with E-state index in [9.17, 15) is 9.18 Å². The summed E-state index contributed by atoms with van der Waals surface area (Å²) < 4.78 is 13.1. The van der Waals surface area contributed by atoms with Gasteiger partial charge in [-0.3, -0.25) is 4.79 Å². The molecule has 0 aliphatic carbocycles. The Bertz CT molecular complexity index is 800. The molecule has 1 aromatic carbocycles. The fourth-order valence-electron chi connectivity index (χ4n) is 1.91. The molecule has 2 aromatic heterocycles. The third-order valence-corrected chi connectivity index (χ3v) is 3.16. The fourth-order valence-corrected chi connectivity index (χ4v) is 2.10. The molecule has 20 heavy (non-hydrogen) atoms. The van der Waals surface area contributed by atoms with Gasteiger partial charge in [-0.05, 0) is 30.3 Å². The van der Waals surface area contributed by atoms with Crippen molar-refractivity contribution in [3.63, 3.8) is 0 Å². The molecule has 2 heterocycles. The van der Waals surface area contributed by atoms with E-state index in [0.717, 1.165) is 23.2 Å². The number of anilines is 1. The SMILES string of the molecule is O=C(Nc1ccc2[nH]ccc2c1)c1cc(F)cnc1Cl. The Hall–Kier alpha value is -2.40. The van der Waals surface area contributed by atoms with Crippen molar-refractivity contribution in [3.8, 4) is 0 Å². The summed E-state index contributed by atoms with van der Waals surface area (Å²) in [6, 6.07) is 8.35.